The zero-order valence-electron chi connectivity index (χ0n) is 16.1. The van der Waals surface area contributed by atoms with Crippen LogP contribution in [0.5, 0.6) is 0 Å². The minimum Gasteiger partial charge on any atom is -0.385 e. The van der Waals surface area contributed by atoms with E-state index in [1.54, 1.807) is 22.7 Å². The van der Waals surface area contributed by atoms with Gasteiger partial charge >= 0.3 is 0 Å². The van der Waals surface area contributed by atoms with Crippen molar-refractivity contribution in [1.82, 2.24) is 19.5 Å². The van der Waals surface area contributed by atoms with Crippen molar-refractivity contribution in [2.45, 2.75) is 26.4 Å². The maximum Gasteiger partial charge on any atom is 0.255 e. The Balaban J connectivity index is 1.56. The minimum absolute atomic E-state index is 0.00963. The standard InChI is InChI=1S/C22H24N4O2/c1-15(2)20(27)21-24-23-19-9-8-18(14-26(19)21)22(28)25-12-10-17(11-13-25)16-6-4-3-5-7-16/h3-10,14-15,20,27H,11-13H2,1-2H3. The Kier molecular flexibility index (Phi) is 4.96. The SMILES string of the molecule is CC(C)C(O)c1nnc2ccc(C(=O)N3CC=C(c4ccccc4)CC3)cn12. The van der Waals surface area contributed by atoms with Crippen LogP contribution in [0.4, 0.5) is 0 Å². The van der Waals surface area contributed by atoms with Crippen LogP contribution >= 0.6 is 0 Å². The van der Waals surface area contributed by atoms with Gasteiger partial charge in [0.1, 0.15) is 6.10 Å². The number of carbonyl (C=O) groups is 1. The average Bonchev–Trinajstić information content (AvgIpc) is 3.16. The molecule has 1 amide bonds. The lowest BCUT2D eigenvalue weighted by atomic mass is 9.99. The van der Waals surface area contributed by atoms with Gasteiger partial charge in [-0.1, -0.05) is 50.3 Å². The molecule has 0 saturated heterocycles. The Morgan fingerprint density at radius 2 is 1.89 bits per heavy atom. The fraction of sp³-hybridized carbons (Fsp3) is 0.318. The Bertz CT molecular complexity index is 1020. The largest absolute Gasteiger partial charge is 0.385 e. The van der Waals surface area contributed by atoms with E-state index >= 15 is 0 Å². The molecule has 0 saturated carbocycles. The average molecular weight is 376 g/mol. The summed E-state index contributed by atoms with van der Waals surface area (Å²) in [5.74, 6) is 0.448. The molecule has 3 aromatic rings. The van der Waals surface area contributed by atoms with Crippen molar-refractivity contribution in [3.05, 3.63) is 71.7 Å². The topological polar surface area (TPSA) is 70.7 Å². The molecule has 0 bridgehead atoms. The molecule has 4 rings (SSSR count). The van der Waals surface area contributed by atoms with E-state index in [1.165, 1.54) is 11.1 Å². The van der Waals surface area contributed by atoms with Gasteiger partial charge in [-0.2, -0.15) is 0 Å². The molecule has 1 atom stereocenters. The highest BCUT2D eigenvalue weighted by Crippen LogP contribution is 2.24. The van der Waals surface area contributed by atoms with Gasteiger partial charge in [0, 0.05) is 19.3 Å². The third-order valence-electron chi connectivity index (χ3n) is 5.21. The molecule has 3 heterocycles. The predicted octanol–water partition coefficient (Wildman–Crippen LogP) is 3.35. The zero-order chi connectivity index (χ0) is 19.7. The van der Waals surface area contributed by atoms with Gasteiger partial charge in [-0.05, 0) is 35.6 Å². The van der Waals surface area contributed by atoms with E-state index in [4.69, 9.17) is 0 Å². The Hall–Kier alpha value is -2.99. The van der Waals surface area contributed by atoms with Crippen LogP contribution in [-0.2, 0) is 0 Å². The molecule has 0 aliphatic carbocycles. The number of aliphatic hydroxyl groups is 1. The number of pyridine rings is 1. The fourth-order valence-corrected chi connectivity index (χ4v) is 3.49. The van der Waals surface area contributed by atoms with Crippen molar-refractivity contribution < 1.29 is 9.90 Å². The molecule has 1 aliphatic rings. The van der Waals surface area contributed by atoms with Gasteiger partial charge < -0.3 is 10.0 Å². The third kappa shape index (κ3) is 3.43. The maximum atomic E-state index is 13.0. The van der Waals surface area contributed by atoms with Crippen LogP contribution in [0.15, 0.2) is 54.7 Å². The van der Waals surface area contributed by atoms with E-state index < -0.39 is 6.10 Å². The Morgan fingerprint density at radius 1 is 1.11 bits per heavy atom. The van der Waals surface area contributed by atoms with E-state index in [2.05, 4.69) is 28.4 Å². The number of nitrogens with zero attached hydrogens (tertiary/aromatic N) is 4. The summed E-state index contributed by atoms with van der Waals surface area (Å²) in [5, 5.41) is 18.6. The molecule has 1 unspecified atom stereocenters. The van der Waals surface area contributed by atoms with Crippen molar-refractivity contribution >= 4 is 17.1 Å². The lowest BCUT2D eigenvalue weighted by molar-refractivity contribution is 0.0772. The molecule has 0 fully saturated rings. The summed E-state index contributed by atoms with van der Waals surface area (Å²) in [6.07, 6.45) is 3.96. The highest BCUT2D eigenvalue weighted by atomic mass is 16.3. The van der Waals surface area contributed by atoms with Gasteiger partial charge in [0.2, 0.25) is 0 Å². The van der Waals surface area contributed by atoms with Gasteiger partial charge in [-0.25, -0.2) is 0 Å². The van der Waals surface area contributed by atoms with Crippen LogP contribution in [0.25, 0.3) is 11.2 Å². The number of hydrogen-bond donors (Lipinski definition) is 1. The van der Waals surface area contributed by atoms with E-state index in [0.29, 0.717) is 30.1 Å². The van der Waals surface area contributed by atoms with Crippen molar-refractivity contribution in [1.29, 1.82) is 0 Å². The minimum atomic E-state index is -0.730. The van der Waals surface area contributed by atoms with Gasteiger partial charge in [0.25, 0.3) is 5.91 Å². The number of aliphatic hydroxyl groups excluding tert-OH is 1. The monoisotopic (exact) mass is 376 g/mol. The Labute approximate surface area is 164 Å². The van der Waals surface area contributed by atoms with E-state index in [1.807, 2.05) is 36.9 Å². The fourth-order valence-electron chi connectivity index (χ4n) is 3.49. The van der Waals surface area contributed by atoms with Gasteiger partial charge in [0.15, 0.2) is 11.5 Å². The van der Waals surface area contributed by atoms with E-state index in [0.717, 1.165) is 6.42 Å². The normalized spacial score (nSPS) is 15.7. The second kappa shape index (κ2) is 7.56. The first kappa shape index (κ1) is 18.4. The number of amides is 1. The van der Waals surface area contributed by atoms with Crippen molar-refractivity contribution in [3.63, 3.8) is 0 Å². The van der Waals surface area contributed by atoms with Gasteiger partial charge in [0.05, 0.1) is 5.56 Å². The first-order chi connectivity index (χ1) is 13.5. The summed E-state index contributed by atoms with van der Waals surface area (Å²) in [6.45, 7) is 5.11. The van der Waals surface area contributed by atoms with Crippen LogP contribution in [-0.4, -0.2) is 43.6 Å². The second-order valence-electron chi connectivity index (χ2n) is 7.49. The summed E-state index contributed by atoms with van der Waals surface area (Å²) in [6, 6.07) is 13.8. The molecule has 0 spiro atoms. The number of rotatable bonds is 4. The summed E-state index contributed by atoms with van der Waals surface area (Å²) in [7, 11) is 0. The lowest BCUT2D eigenvalue weighted by Crippen LogP contribution is -2.34. The van der Waals surface area contributed by atoms with Crippen molar-refractivity contribution in [3.8, 4) is 0 Å². The molecule has 6 heteroatoms. The molecule has 2 aromatic heterocycles. The summed E-state index contributed by atoms with van der Waals surface area (Å²) in [5.41, 5.74) is 3.69. The smallest absolute Gasteiger partial charge is 0.255 e. The molecule has 144 valence electrons. The van der Waals surface area contributed by atoms with Crippen molar-refractivity contribution in [2.24, 2.45) is 5.92 Å². The van der Waals surface area contributed by atoms with Crippen LogP contribution in [0.3, 0.4) is 0 Å². The molecule has 1 N–H and O–H groups in total. The predicted molar refractivity (Wildman–Crippen MR) is 108 cm³/mol. The summed E-state index contributed by atoms with van der Waals surface area (Å²) >= 11 is 0. The van der Waals surface area contributed by atoms with Crippen LogP contribution < -0.4 is 0 Å². The second-order valence-corrected chi connectivity index (χ2v) is 7.49. The lowest BCUT2D eigenvalue weighted by Gasteiger charge is -2.27. The maximum absolute atomic E-state index is 13.0. The van der Waals surface area contributed by atoms with Crippen LogP contribution in [0.2, 0.25) is 0 Å². The molecule has 6 nitrogen and oxygen atoms in total. The number of fused-ring (bicyclic) bond motifs is 1. The number of aromatic nitrogens is 3. The highest BCUT2D eigenvalue weighted by Gasteiger charge is 2.22. The number of benzene rings is 1. The molecule has 28 heavy (non-hydrogen) atoms. The molecule has 1 aromatic carbocycles. The first-order valence-corrected chi connectivity index (χ1v) is 9.61. The van der Waals surface area contributed by atoms with E-state index in [9.17, 15) is 9.90 Å². The summed E-state index contributed by atoms with van der Waals surface area (Å²) < 4.78 is 1.72. The van der Waals surface area contributed by atoms with E-state index in [-0.39, 0.29) is 11.8 Å². The van der Waals surface area contributed by atoms with Crippen molar-refractivity contribution in [2.75, 3.05) is 13.1 Å². The number of hydrogen-bond acceptors (Lipinski definition) is 4. The highest BCUT2D eigenvalue weighted by molar-refractivity contribution is 5.94. The van der Waals surface area contributed by atoms with Crippen LogP contribution in [0.1, 0.15) is 48.1 Å². The summed E-state index contributed by atoms with van der Waals surface area (Å²) in [4.78, 5) is 14.8. The molecule has 0 radical (unpaired) electrons. The molecular weight excluding hydrogens is 352 g/mol. The zero-order valence-corrected chi connectivity index (χ0v) is 16.1. The van der Waals surface area contributed by atoms with Gasteiger partial charge in [-0.3, -0.25) is 9.20 Å². The first-order valence-electron chi connectivity index (χ1n) is 9.61. The quantitative estimate of drug-likeness (QED) is 0.758. The Morgan fingerprint density at radius 3 is 2.57 bits per heavy atom. The third-order valence-corrected chi connectivity index (χ3v) is 5.21. The van der Waals surface area contributed by atoms with Gasteiger partial charge in [-0.15, -0.1) is 10.2 Å². The van der Waals surface area contributed by atoms with Crippen LogP contribution in [0, 0.1) is 5.92 Å². The number of carbonyl (C=O) groups excluding carboxylic acids is 1. The molecular formula is C22H24N4O2. The molecule has 1 aliphatic heterocycles.